The van der Waals surface area contributed by atoms with Crippen molar-refractivity contribution in [2.24, 2.45) is 5.73 Å². The Morgan fingerprint density at radius 3 is 2.91 bits per heavy atom. The van der Waals surface area contributed by atoms with Gasteiger partial charge in [0.25, 0.3) is 0 Å². The highest BCUT2D eigenvalue weighted by molar-refractivity contribution is 5.75. The molecule has 0 unspecified atom stereocenters. The summed E-state index contributed by atoms with van der Waals surface area (Å²) in [5.41, 5.74) is 5.08. The average Bonchev–Trinajstić information content (AvgIpc) is 2.49. The summed E-state index contributed by atoms with van der Waals surface area (Å²) in [6.45, 7) is 2.17. The maximum atomic E-state index is 14.0. The van der Waals surface area contributed by atoms with Crippen molar-refractivity contribution in [1.82, 2.24) is 4.90 Å². The number of hydrogen-bond acceptors (Lipinski definition) is 5. The summed E-state index contributed by atoms with van der Waals surface area (Å²) in [4.78, 5) is 13.4. The molecule has 1 heterocycles. The van der Waals surface area contributed by atoms with Crippen molar-refractivity contribution in [1.29, 1.82) is 0 Å². The van der Waals surface area contributed by atoms with Gasteiger partial charge in [-0.25, -0.2) is 4.39 Å². The number of ether oxygens (including phenoxy) is 3. The fourth-order valence-corrected chi connectivity index (χ4v) is 2.92. The Morgan fingerprint density at radius 2 is 2.26 bits per heavy atom. The molecule has 0 saturated carbocycles. The third-order valence-corrected chi connectivity index (χ3v) is 3.88. The Balaban J connectivity index is 2.12. The van der Waals surface area contributed by atoms with Crippen molar-refractivity contribution >= 4 is 5.91 Å². The van der Waals surface area contributed by atoms with Crippen LogP contribution in [0.3, 0.4) is 0 Å². The summed E-state index contributed by atoms with van der Waals surface area (Å²) in [6, 6.07) is 4.65. The molecular formula is C16H23FN2O4. The Morgan fingerprint density at radius 1 is 1.48 bits per heavy atom. The van der Waals surface area contributed by atoms with Crippen molar-refractivity contribution in [3.05, 3.63) is 29.6 Å². The lowest BCUT2D eigenvalue weighted by Gasteiger charge is -2.41. The van der Waals surface area contributed by atoms with E-state index in [0.29, 0.717) is 37.6 Å². The lowest BCUT2D eigenvalue weighted by Crippen LogP contribution is -2.55. The first-order valence-corrected chi connectivity index (χ1v) is 7.44. The summed E-state index contributed by atoms with van der Waals surface area (Å²) in [5.74, 6) is -0.129. The second-order valence-corrected chi connectivity index (χ2v) is 5.78. The van der Waals surface area contributed by atoms with Crippen LogP contribution >= 0.6 is 0 Å². The molecule has 7 heteroatoms. The van der Waals surface area contributed by atoms with Gasteiger partial charge in [-0.3, -0.25) is 9.69 Å². The Kier molecular flexibility index (Phi) is 5.92. The molecule has 128 valence electrons. The quantitative estimate of drug-likeness (QED) is 0.807. The number of methoxy groups -OCH3 is 2. The second kappa shape index (κ2) is 7.72. The zero-order valence-corrected chi connectivity index (χ0v) is 13.5. The van der Waals surface area contributed by atoms with Gasteiger partial charge in [0.1, 0.15) is 17.2 Å². The van der Waals surface area contributed by atoms with Crippen LogP contribution in [0.1, 0.15) is 12.0 Å². The topological polar surface area (TPSA) is 74.0 Å². The maximum absolute atomic E-state index is 14.0. The van der Waals surface area contributed by atoms with E-state index in [2.05, 4.69) is 0 Å². The lowest BCUT2D eigenvalue weighted by molar-refractivity contribution is -0.154. The molecule has 1 aromatic carbocycles. The summed E-state index contributed by atoms with van der Waals surface area (Å²) in [6.07, 6.45) is 0.0674. The smallest absolute Gasteiger partial charge is 0.220 e. The van der Waals surface area contributed by atoms with Gasteiger partial charge in [0.05, 0.1) is 26.7 Å². The third-order valence-electron chi connectivity index (χ3n) is 3.88. The van der Waals surface area contributed by atoms with Gasteiger partial charge in [-0.1, -0.05) is 0 Å². The van der Waals surface area contributed by atoms with E-state index in [0.717, 1.165) is 0 Å². The third kappa shape index (κ3) is 4.63. The molecule has 2 N–H and O–H groups in total. The van der Waals surface area contributed by atoms with Crippen molar-refractivity contribution in [2.45, 2.75) is 18.6 Å². The van der Waals surface area contributed by atoms with E-state index in [1.807, 2.05) is 4.90 Å². The van der Waals surface area contributed by atoms with Gasteiger partial charge >= 0.3 is 0 Å². The predicted molar refractivity (Wildman–Crippen MR) is 82.6 cm³/mol. The molecule has 1 atom stereocenters. The fourth-order valence-electron chi connectivity index (χ4n) is 2.92. The highest BCUT2D eigenvalue weighted by Crippen LogP contribution is 2.25. The molecule has 0 aromatic heterocycles. The van der Waals surface area contributed by atoms with Crippen molar-refractivity contribution < 1.29 is 23.4 Å². The van der Waals surface area contributed by atoms with Gasteiger partial charge in [0, 0.05) is 32.3 Å². The molecule has 2 rings (SSSR count). The molecule has 1 amide bonds. The SMILES string of the molecule is COC[C@]1(CC(N)=O)CN(Cc2cc(OC)ccc2F)CCO1. The van der Waals surface area contributed by atoms with Crippen molar-refractivity contribution in [3.63, 3.8) is 0 Å². The van der Waals surface area contributed by atoms with Crippen LogP contribution in [0.15, 0.2) is 18.2 Å². The maximum Gasteiger partial charge on any atom is 0.220 e. The Labute approximate surface area is 135 Å². The summed E-state index contributed by atoms with van der Waals surface area (Å²) in [5, 5.41) is 0. The number of nitrogens with zero attached hydrogens (tertiary/aromatic N) is 1. The van der Waals surface area contributed by atoms with E-state index >= 15 is 0 Å². The van der Waals surface area contributed by atoms with Gasteiger partial charge in [-0.05, 0) is 18.2 Å². The van der Waals surface area contributed by atoms with Gasteiger partial charge < -0.3 is 19.9 Å². The van der Waals surface area contributed by atoms with Gasteiger partial charge in [0.2, 0.25) is 5.91 Å². The normalized spacial score (nSPS) is 22.0. The minimum Gasteiger partial charge on any atom is -0.497 e. The minimum absolute atomic E-state index is 0.0674. The molecule has 6 nitrogen and oxygen atoms in total. The molecule has 1 aliphatic heterocycles. The number of carbonyl (C=O) groups excluding carboxylic acids is 1. The van der Waals surface area contributed by atoms with Crippen LogP contribution in [0.5, 0.6) is 5.75 Å². The number of carbonyl (C=O) groups is 1. The predicted octanol–water partition coefficient (Wildman–Crippen LogP) is 0.927. The van der Waals surface area contributed by atoms with Crippen LogP contribution in [0, 0.1) is 5.82 Å². The van der Waals surface area contributed by atoms with Gasteiger partial charge in [0.15, 0.2) is 0 Å². The molecule has 23 heavy (non-hydrogen) atoms. The van der Waals surface area contributed by atoms with Gasteiger partial charge in [-0.15, -0.1) is 0 Å². The van der Waals surface area contributed by atoms with E-state index in [1.54, 1.807) is 26.4 Å². The van der Waals surface area contributed by atoms with E-state index in [9.17, 15) is 9.18 Å². The number of benzene rings is 1. The van der Waals surface area contributed by atoms with Crippen LogP contribution < -0.4 is 10.5 Å². The number of primary amides is 1. The number of rotatable bonds is 7. The van der Waals surface area contributed by atoms with Gasteiger partial charge in [-0.2, -0.15) is 0 Å². The minimum atomic E-state index is -0.784. The molecule has 0 bridgehead atoms. The van der Waals surface area contributed by atoms with Crippen molar-refractivity contribution in [2.75, 3.05) is 40.5 Å². The number of halogens is 1. The first kappa shape index (κ1) is 17.7. The molecule has 0 spiro atoms. The zero-order chi connectivity index (χ0) is 16.9. The number of hydrogen-bond donors (Lipinski definition) is 1. The first-order valence-electron chi connectivity index (χ1n) is 7.44. The Bertz CT molecular complexity index is 551. The second-order valence-electron chi connectivity index (χ2n) is 5.78. The lowest BCUT2D eigenvalue weighted by atomic mass is 9.97. The van der Waals surface area contributed by atoms with E-state index in [4.69, 9.17) is 19.9 Å². The molecule has 0 radical (unpaired) electrons. The molecule has 0 aliphatic carbocycles. The highest BCUT2D eigenvalue weighted by atomic mass is 19.1. The Hall–Kier alpha value is -1.70. The monoisotopic (exact) mass is 326 g/mol. The van der Waals surface area contributed by atoms with Crippen LogP contribution in [-0.2, 0) is 20.8 Å². The molecule has 1 aromatic rings. The van der Waals surface area contributed by atoms with Crippen LogP contribution in [-0.4, -0.2) is 56.9 Å². The molecular weight excluding hydrogens is 303 g/mol. The van der Waals surface area contributed by atoms with E-state index in [1.165, 1.54) is 6.07 Å². The zero-order valence-electron chi connectivity index (χ0n) is 13.5. The number of nitrogens with two attached hydrogens (primary N) is 1. The molecule has 1 aliphatic rings. The number of morpholine rings is 1. The van der Waals surface area contributed by atoms with E-state index in [-0.39, 0.29) is 18.8 Å². The first-order chi connectivity index (χ1) is 11.0. The van der Waals surface area contributed by atoms with Crippen LogP contribution in [0.2, 0.25) is 0 Å². The summed E-state index contributed by atoms with van der Waals surface area (Å²) < 4.78 is 30.1. The average molecular weight is 326 g/mol. The van der Waals surface area contributed by atoms with Crippen LogP contribution in [0.25, 0.3) is 0 Å². The summed E-state index contributed by atoms with van der Waals surface area (Å²) in [7, 11) is 3.09. The fraction of sp³-hybridized carbons (Fsp3) is 0.562. The molecule has 1 saturated heterocycles. The van der Waals surface area contributed by atoms with E-state index < -0.39 is 11.5 Å². The van der Waals surface area contributed by atoms with Crippen LogP contribution in [0.4, 0.5) is 4.39 Å². The van der Waals surface area contributed by atoms with Crippen molar-refractivity contribution in [3.8, 4) is 5.75 Å². The summed E-state index contributed by atoms with van der Waals surface area (Å²) >= 11 is 0. The number of amides is 1. The molecule has 1 fully saturated rings. The highest BCUT2D eigenvalue weighted by Gasteiger charge is 2.38. The largest absolute Gasteiger partial charge is 0.497 e. The standard InChI is InChI=1S/C16H23FN2O4/c1-21-11-16(8-15(18)20)10-19(5-6-23-16)9-12-7-13(22-2)3-4-14(12)17/h3-4,7H,5-6,8-11H2,1-2H3,(H2,18,20)/t16-/m0/s1.